The van der Waals surface area contributed by atoms with Crippen molar-refractivity contribution in [3.63, 3.8) is 0 Å². The lowest BCUT2D eigenvalue weighted by molar-refractivity contribution is -0.119. The Morgan fingerprint density at radius 2 is 2.27 bits per heavy atom. The maximum atomic E-state index is 10.9. The van der Waals surface area contributed by atoms with Crippen LogP contribution in [-0.2, 0) is 4.79 Å². The van der Waals surface area contributed by atoms with Gasteiger partial charge in [-0.3, -0.25) is 4.79 Å². The highest BCUT2D eigenvalue weighted by Gasteiger charge is 2.28. The monoisotopic (exact) mass is 155 g/mol. The van der Waals surface area contributed by atoms with Crippen LogP contribution in [-0.4, -0.2) is 11.9 Å². The summed E-state index contributed by atoms with van der Waals surface area (Å²) in [7, 11) is 0. The van der Waals surface area contributed by atoms with E-state index >= 15 is 0 Å². The molecular formula is C9H17NO. The zero-order valence-corrected chi connectivity index (χ0v) is 7.55. The average molecular weight is 155 g/mol. The molecule has 2 nitrogen and oxygen atoms in total. The number of carbonyl (C=O) groups excluding carboxylic acids is 1. The lowest BCUT2D eigenvalue weighted by Crippen LogP contribution is -2.29. The van der Waals surface area contributed by atoms with Crippen LogP contribution in [0.5, 0.6) is 0 Å². The van der Waals surface area contributed by atoms with Crippen molar-refractivity contribution in [1.29, 1.82) is 0 Å². The van der Waals surface area contributed by atoms with Crippen LogP contribution in [0.1, 0.15) is 33.6 Å². The predicted octanol–water partition coefficient (Wildman–Crippen LogP) is 1.56. The van der Waals surface area contributed by atoms with Crippen LogP contribution in [0.4, 0.5) is 0 Å². The van der Waals surface area contributed by atoms with Gasteiger partial charge in [-0.2, -0.15) is 0 Å². The molecule has 0 aliphatic carbocycles. The van der Waals surface area contributed by atoms with E-state index in [0.717, 1.165) is 12.8 Å². The van der Waals surface area contributed by atoms with Gasteiger partial charge < -0.3 is 5.32 Å². The van der Waals surface area contributed by atoms with Gasteiger partial charge in [0, 0.05) is 12.5 Å². The molecule has 0 bridgehead atoms. The average Bonchev–Trinajstić information content (AvgIpc) is 2.09. The zero-order chi connectivity index (χ0) is 8.43. The molecule has 0 spiro atoms. The van der Waals surface area contributed by atoms with E-state index in [1.54, 1.807) is 0 Å². The summed E-state index contributed by atoms with van der Waals surface area (Å²) >= 11 is 0. The van der Waals surface area contributed by atoms with Crippen LogP contribution < -0.4 is 5.32 Å². The molecule has 2 heteroatoms. The fourth-order valence-corrected chi connectivity index (χ4v) is 1.64. The Balaban J connectivity index is 2.40. The van der Waals surface area contributed by atoms with E-state index in [9.17, 15) is 4.79 Å². The number of hydrogen-bond acceptors (Lipinski definition) is 1. The molecule has 1 fully saturated rings. The van der Waals surface area contributed by atoms with Crippen LogP contribution in [0.3, 0.4) is 0 Å². The lowest BCUT2D eigenvalue weighted by Gasteiger charge is -2.16. The Bertz CT molecular complexity index is 154. The van der Waals surface area contributed by atoms with Crippen LogP contribution in [0.2, 0.25) is 0 Å². The van der Waals surface area contributed by atoms with Crippen LogP contribution >= 0.6 is 0 Å². The second-order valence-corrected chi connectivity index (χ2v) is 3.98. The van der Waals surface area contributed by atoms with Gasteiger partial charge in [-0.05, 0) is 18.3 Å². The molecule has 1 N–H and O–H groups in total. The predicted molar refractivity (Wildman–Crippen MR) is 45.2 cm³/mol. The van der Waals surface area contributed by atoms with Crippen molar-refractivity contribution < 1.29 is 4.79 Å². The largest absolute Gasteiger partial charge is 0.353 e. The quantitative estimate of drug-likeness (QED) is 0.644. The van der Waals surface area contributed by atoms with Gasteiger partial charge in [0.1, 0.15) is 0 Å². The summed E-state index contributed by atoms with van der Waals surface area (Å²) in [5, 5.41) is 3.00. The van der Waals surface area contributed by atoms with E-state index in [2.05, 4.69) is 26.1 Å². The van der Waals surface area contributed by atoms with Crippen molar-refractivity contribution in [3.8, 4) is 0 Å². The molecule has 2 unspecified atom stereocenters. The molecule has 0 aromatic heterocycles. The molecule has 2 atom stereocenters. The molecule has 0 radical (unpaired) electrons. The SMILES string of the molecule is CC(C)CC1NC(=O)CC1C. The topological polar surface area (TPSA) is 29.1 Å². The summed E-state index contributed by atoms with van der Waals surface area (Å²) < 4.78 is 0. The molecule has 0 aromatic rings. The Labute approximate surface area is 68.4 Å². The third-order valence-corrected chi connectivity index (χ3v) is 2.27. The smallest absolute Gasteiger partial charge is 0.220 e. The van der Waals surface area contributed by atoms with Gasteiger partial charge in [0.2, 0.25) is 5.91 Å². The van der Waals surface area contributed by atoms with Crippen molar-refractivity contribution in [2.45, 2.75) is 39.7 Å². The van der Waals surface area contributed by atoms with E-state index in [1.165, 1.54) is 0 Å². The highest BCUT2D eigenvalue weighted by Crippen LogP contribution is 2.21. The summed E-state index contributed by atoms with van der Waals surface area (Å²) in [6, 6.07) is 0.433. The third-order valence-electron chi connectivity index (χ3n) is 2.27. The maximum Gasteiger partial charge on any atom is 0.220 e. The van der Waals surface area contributed by atoms with Gasteiger partial charge in [0.05, 0.1) is 0 Å². The second-order valence-electron chi connectivity index (χ2n) is 3.98. The molecule has 1 aliphatic rings. The zero-order valence-electron chi connectivity index (χ0n) is 7.55. The van der Waals surface area contributed by atoms with Gasteiger partial charge in [-0.25, -0.2) is 0 Å². The van der Waals surface area contributed by atoms with E-state index in [-0.39, 0.29) is 5.91 Å². The van der Waals surface area contributed by atoms with Gasteiger partial charge in [0.25, 0.3) is 0 Å². The van der Waals surface area contributed by atoms with E-state index in [1.807, 2.05) is 0 Å². The minimum atomic E-state index is 0.225. The van der Waals surface area contributed by atoms with Gasteiger partial charge in [-0.15, -0.1) is 0 Å². The maximum absolute atomic E-state index is 10.9. The Hall–Kier alpha value is -0.530. The van der Waals surface area contributed by atoms with Crippen molar-refractivity contribution >= 4 is 5.91 Å². The van der Waals surface area contributed by atoms with Crippen molar-refractivity contribution in [3.05, 3.63) is 0 Å². The highest BCUT2D eigenvalue weighted by molar-refractivity contribution is 5.78. The van der Waals surface area contributed by atoms with Gasteiger partial charge in [-0.1, -0.05) is 20.8 Å². The molecule has 1 rings (SSSR count). The summed E-state index contributed by atoms with van der Waals surface area (Å²) in [6.45, 7) is 6.53. The number of carbonyl (C=O) groups is 1. The Morgan fingerprint density at radius 3 is 2.64 bits per heavy atom. The van der Waals surface area contributed by atoms with Crippen molar-refractivity contribution in [1.82, 2.24) is 5.32 Å². The van der Waals surface area contributed by atoms with E-state index in [0.29, 0.717) is 17.9 Å². The standard InChI is InChI=1S/C9H17NO/c1-6(2)4-8-7(3)5-9(11)10-8/h6-8H,4-5H2,1-3H3,(H,10,11). The van der Waals surface area contributed by atoms with Crippen LogP contribution in [0.15, 0.2) is 0 Å². The molecule has 1 amide bonds. The second kappa shape index (κ2) is 3.24. The van der Waals surface area contributed by atoms with Crippen LogP contribution in [0, 0.1) is 11.8 Å². The van der Waals surface area contributed by atoms with Crippen molar-refractivity contribution in [2.24, 2.45) is 11.8 Å². The molecule has 1 heterocycles. The number of rotatable bonds is 2. The summed E-state index contributed by atoms with van der Waals surface area (Å²) in [5.41, 5.74) is 0. The van der Waals surface area contributed by atoms with Crippen LogP contribution in [0.25, 0.3) is 0 Å². The number of hydrogen-bond donors (Lipinski definition) is 1. The molecule has 0 aromatic carbocycles. The minimum Gasteiger partial charge on any atom is -0.353 e. The van der Waals surface area contributed by atoms with Crippen molar-refractivity contribution in [2.75, 3.05) is 0 Å². The first-order valence-corrected chi connectivity index (χ1v) is 4.39. The first-order chi connectivity index (χ1) is 5.09. The minimum absolute atomic E-state index is 0.225. The third kappa shape index (κ3) is 2.21. The molecule has 64 valence electrons. The molecule has 0 saturated carbocycles. The van der Waals surface area contributed by atoms with Gasteiger partial charge in [0.15, 0.2) is 0 Å². The Kier molecular flexibility index (Phi) is 2.53. The summed E-state index contributed by atoms with van der Waals surface area (Å²) in [6.07, 6.45) is 1.84. The summed E-state index contributed by atoms with van der Waals surface area (Å²) in [5.74, 6) is 1.44. The van der Waals surface area contributed by atoms with Gasteiger partial charge >= 0.3 is 0 Å². The highest BCUT2D eigenvalue weighted by atomic mass is 16.1. The lowest BCUT2D eigenvalue weighted by atomic mass is 9.95. The number of nitrogens with one attached hydrogen (secondary N) is 1. The normalized spacial score (nSPS) is 31.1. The molecule has 1 aliphatic heterocycles. The summed E-state index contributed by atoms with van der Waals surface area (Å²) in [4.78, 5) is 10.9. The fourth-order valence-electron chi connectivity index (χ4n) is 1.64. The van der Waals surface area contributed by atoms with E-state index in [4.69, 9.17) is 0 Å². The molecular weight excluding hydrogens is 138 g/mol. The fraction of sp³-hybridized carbons (Fsp3) is 0.889. The first-order valence-electron chi connectivity index (χ1n) is 4.39. The molecule has 1 saturated heterocycles. The molecule has 11 heavy (non-hydrogen) atoms. The van der Waals surface area contributed by atoms with E-state index < -0.39 is 0 Å². The first kappa shape index (κ1) is 8.57. The Morgan fingerprint density at radius 1 is 1.64 bits per heavy atom. The number of amides is 1.